The van der Waals surface area contributed by atoms with Crippen LogP contribution >= 0.6 is 23.2 Å². The molecule has 4 rings (SSSR count). The van der Waals surface area contributed by atoms with Gasteiger partial charge in [-0.25, -0.2) is 4.98 Å². The van der Waals surface area contributed by atoms with Gasteiger partial charge in [0.1, 0.15) is 0 Å². The first-order valence-electron chi connectivity index (χ1n) is 11.1. The smallest absolute Gasteiger partial charge is 0.241 e. The molecule has 0 saturated carbocycles. The Hall–Kier alpha value is -2.34. The largest absolute Gasteiger partial charge is 0.329 e. The number of anilines is 1. The number of hydrogen-bond donors (Lipinski definition) is 0. The number of halogens is 2. The molecule has 7 heteroatoms. The molecular weight excluding hydrogens is 443 g/mol. The van der Waals surface area contributed by atoms with Gasteiger partial charge >= 0.3 is 0 Å². The highest BCUT2D eigenvalue weighted by atomic mass is 35.5. The minimum atomic E-state index is 0.101. The lowest BCUT2D eigenvalue weighted by atomic mass is 10.0. The summed E-state index contributed by atoms with van der Waals surface area (Å²) in [5.41, 5.74) is 3.14. The first kappa shape index (κ1) is 22.8. The van der Waals surface area contributed by atoms with E-state index >= 15 is 0 Å². The van der Waals surface area contributed by atoms with Gasteiger partial charge < -0.3 is 9.47 Å². The summed E-state index contributed by atoms with van der Waals surface area (Å²) in [5, 5.41) is 1.38. The summed E-state index contributed by atoms with van der Waals surface area (Å²) >= 11 is 12.2. The van der Waals surface area contributed by atoms with Crippen LogP contribution in [0.15, 0.2) is 61.1 Å². The van der Waals surface area contributed by atoms with Crippen molar-refractivity contribution < 1.29 is 4.79 Å². The van der Waals surface area contributed by atoms with Crippen LogP contribution in [0.5, 0.6) is 0 Å². The molecule has 2 heterocycles. The van der Waals surface area contributed by atoms with Crippen LogP contribution in [0.25, 0.3) is 0 Å². The maximum Gasteiger partial charge on any atom is 0.241 e. The summed E-state index contributed by atoms with van der Waals surface area (Å²) in [6.07, 6.45) is 7.06. The summed E-state index contributed by atoms with van der Waals surface area (Å²) in [7, 11) is 0. The third-order valence-corrected chi connectivity index (χ3v) is 6.48. The highest BCUT2D eigenvalue weighted by Gasteiger charge is 2.33. The van der Waals surface area contributed by atoms with Crippen molar-refractivity contribution in [1.29, 1.82) is 0 Å². The summed E-state index contributed by atoms with van der Waals surface area (Å²) in [6.45, 7) is 4.67. The quantitative estimate of drug-likeness (QED) is 0.427. The summed E-state index contributed by atoms with van der Waals surface area (Å²) in [5.74, 6) is 0.101. The van der Waals surface area contributed by atoms with Gasteiger partial charge in [0.15, 0.2) is 0 Å². The Morgan fingerprint density at radius 3 is 2.62 bits per heavy atom. The van der Waals surface area contributed by atoms with Gasteiger partial charge in [0, 0.05) is 47.6 Å². The molecular formula is C25H28Cl2N4O. The SMILES string of the molecule is CCCC[C@H]1CN(c2cccc(Cl)c2)C(=O)CN1Cc1cncn1Cc1ccc(Cl)cc1. The molecule has 5 nitrogen and oxygen atoms in total. The van der Waals surface area contributed by atoms with E-state index in [1.54, 1.807) is 0 Å². The highest BCUT2D eigenvalue weighted by molar-refractivity contribution is 6.31. The number of rotatable bonds is 8. The topological polar surface area (TPSA) is 41.4 Å². The standard InChI is InChI=1S/C25H28Cl2N4O/c1-2-3-6-23-16-31(22-7-4-5-21(27)12-22)25(32)17-29(23)15-24-13-28-18-30(24)14-19-8-10-20(26)11-9-19/h4-5,7-13,18,23H,2-3,6,14-17H2,1H3/t23-/m0/s1. The van der Waals surface area contributed by atoms with E-state index in [0.717, 1.165) is 47.8 Å². The van der Waals surface area contributed by atoms with E-state index < -0.39 is 0 Å². The Balaban J connectivity index is 1.51. The Morgan fingerprint density at radius 2 is 1.88 bits per heavy atom. The Bertz CT molecular complexity index is 1050. The summed E-state index contributed by atoms with van der Waals surface area (Å²) in [6, 6.07) is 15.7. The first-order chi connectivity index (χ1) is 15.5. The molecule has 0 aliphatic carbocycles. The number of carbonyl (C=O) groups excluding carboxylic acids is 1. The van der Waals surface area contributed by atoms with Crippen molar-refractivity contribution in [2.75, 3.05) is 18.0 Å². The van der Waals surface area contributed by atoms with Crippen LogP contribution in [-0.4, -0.2) is 39.5 Å². The fourth-order valence-electron chi connectivity index (χ4n) is 4.23. The van der Waals surface area contributed by atoms with Crippen LogP contribution in [0.4, 0.5) is 5.69 Å². The van der Waals surface area contributed by atoms with Gasteiger partial charge in [-0.3, -0.25) is 9.69 Å². The summed E-state index contributed by atoms with van der Waals surface area (Å²) < 4.78 is 2.15. The zero-order valence-corrected chi connectivity index (χ0v) is 19.8. The van der Waals surface area contributed by atoms with E-state index in [1.807, 2.05) is 66.0 Å². The van der Waals surface area contributed by atoms with Gasteiger partial charge in [-0.1, -0.05) is 61.2 Å². The summed E-state index contributed by atoms with van der Waals surface area (Å²) in [4.78, 5) is 21.6. The number of aromatic nitrogens is 2. The molecule has 3 aromatic rings. The van der Waals surface area contributed by atoms with Crippen LogP contribution in [0.2, 0.25) is 10.0 Å². The lowest BCUT2D eigenvalue weighted by Crippen LogP contribution is -2.56. The number of piperazine rings is 1. The molecule has 1 aliphatic rings. The maximum atomic E-state index is 13.1. The number of unbranched alkanes of at least 4 members (excludes halogenated alkanes) is 1. The van der Waals surface area contributed by atoms with Crippen LogP contribution in [-0.2, 0) is 17.9 Å². The second kappa shape index (κ2) is 10.5. The van der Waals surface area contributed by atoms with Crippen LogP contribution in [0.3, 0.4) is 0 Å². The molecule has 0 bridgehead atoms. The highest BCUT2D eigenvalue weighted by Crippen LogP contribution is 2.26. The third-order valence-electron chi connectivity index (χ3n) is 5.99. The molecule has 0 N–H and O–H groups in total. The van der Waals surface area contributed by atoms with E-state index in [9.17, 15) is 4.79 Å². The first-order valence-corrected chi connectivity index (χ1v) is 11.8. The van der Waals surface area contributed by atoms with Crippen molar-refractivity contribution in [3.05, 3.63) is 82.4 Å². The van der Waals surface area contributed by atoms with Gasteiger partial charge in [0.2, 0.25) is 5.91 Å². The lowest BCUT2D eigenvalue weighted by Gasteiger charge is -2.41. The van der Waals surface area contributed by atoms with Crippen LogP contribution in [0.1, 0.15) is 37.4 Å². The van der Waals surface area contributed by atoms with Crippen molar-refractivity contribution in [1.82, 2.24) is 14.5 Å². The molecule has 1 amide bonds. The number of hydrogen-bond acceptors (Lipinski definition) is 3. The van der Waals surface area contributed by atoms with Gasteiger partial charge in [-0.05, 0) is 42.3 Å². The molecule has 1 aromatic heterocycles. The van der Waals surface area contributed by atoms with E-state index in [2.05, 4.69) is 21.4 Å². The van der Waals surface area contributed by atoms with Gasteiger partial charge in [-0.15, -0.1) is 0 Å². The van der Waals surface area contributed by atoms with Gasteiger partial charge in [0.25, 0.3) is 0 Å². The van der Waals surface area contributed by atoms with E-state index in [4.69, 9.17) is 23.2 Å². The van der Waals surface area contributed by atoms with Crippen molar-refractivity contribution in [2.45, 2.75) is 45.3 Å². The number of nitrogens with zero attached hydrogens (tertiary/aromatic N) is 4. The molecule has 0 radical (unpaired) electrons. The second-order valence-electron chi connectivity index (χ2n) is 8.32. The van der Waals surface area contributed by atoms with E-state index in [1.165, 1.54) is 0 Å². The molecule has 2 aromatic carbocycles. The fraction of sp³-hybridized carbons (Fsp3) is 0.360. The Kier molecular flexibility index (Phi) is 7.51. The maximum absolute atomic E-state index is 13.1. The molecule has 0 unspecified atom stereocenters. The average Bonchev–Trinajstić information content (AvgIpc) is 3.21. The van der Waals surface area contributed by atoms with E-state index in [-0.39, 0.29) is 11.9 Å². The van der Waals surface area contributed by atoms with E-state index in [0.29, 0.717) is 24.7 Å². The van der Waals surface area contributed by atoms with Gasteiger partial charge in [0.05, 0.1) is 18.6 Å². The lowest BCUT2D eigenvalue weighted by molar-refractivity contribution is -0.122. The third kappa shape index (κ3) is 5.52. The molecule has 168 valence electrons. The zero-order chi connectivity index (χ0) is 22.5. The average molecular weight is 471 g/mol. The fourth-order valence-corrected chi connectivity index (χ4v) is 4.54. The second-order valence-corrected chi connectivity index (χ2v) is 9.20. The van der Waals surface area contributed by atoms with Crippen molar-refractivity contribution in [2.24, 2.45) is 0 Å². The molecule has 1 saturated heterocycles. The molecule has 1 fully saturated rings. The van der Waals surface area contributed by atoms with Crippen LogP contribution < -0.4 is 4.90 Å². The minimum absolute atomic E-state index is 0.101. The molecule has 1 atom stereocenters. The Morgan fingerprint density at radius 1 is 1.06 bits per heavy atom. The number of benzene rings is 2. The number of carbonyl (C=O) groups is 1. The molecule has 32 heavy (non-hydrogen) atoms. The zero-order valence-electron chi connectivity index (χ0n) is 18.3. The predicted octanol–water partition coefficient (Wildman–Crippen LogP) is 5.65. The van der Waals surface area contributed by atoms with Crippen LogP contribution in [0, 0.1) is 0 Å². The van der Waals surface area contributed by atoms with Crippen molar-refractivity contribution >= 4 is 34.8 Å². The number of imidazole rings is 1. The monoisotopic (exact) mass is 470 g/mol. The predicted molar refractivity (Wildman–Crippen MR) is 130 cm³/mol. The Labute approximate surface area is 199 Å². The van der Waals surface area contributed by atoms with Gasteiger partial charge in [-0.2, -0.15) is 0 Å². The normalized spacial score (nSPS) is 17.2. The molecule has 1 aliphatic heterocycles. The van der Waals surface area contributed by atoms with Crippen molar-refractivity contribution in [3.8, 4) is 0 Å². The van der Waals surface area contributed by atoms with Crippen molar-refractivity contribution in [3.63, 3.8) is 0 Å². The minimum Gasteiger partial charge on any atom is -0.329 e. The number of amides is 1. The molecule has 0 spiro atoms.